The summed E-state index contributed by atoms with van der Waals surface area (Å²) in [6.45, 7) is 3.97. The summed E-state index contributed by atoms with van der Waals surface area (Å²) < 4.78 is 31.0. The van der Waals surface area contributed by atoms with Gasteiger partial charge in [0, 0.05) is 12.6 Å². The first kappa shape index (κ1) is 15.8. The van der Waals surface area contributed by atoms with Crippen LogP contribution in [0.3, 0.4) is 0 Å². The summed E-state index contributed by atoms with van der Waals surface area (Å²) in [6.07, 6.45) is 0.00275. The van der Waals surface area contributed by atoms with E-state index in [0.29, 0.717) is 11.3 Å². The van der Waals surface area contributed by atoms with Gasteiger partial charge in [0.05, 0.1) is 17.6 Å². The summed E-state index contributed by atoms with van der Waals surface area (Å²) in [4.78, 5) is 9.88. The monoisotopic (exact) mass is 309 g/mol. The predicted octanol–water partition coefficient (Wildman–Crippen LogP) is 0.942. The van der Waals surface area contributed by atoms with Gasteiger partial charge in [0.2, 0.25) is 10.0 Å². The van der Waals surface area contributed by atoms with Crippen molar-refractivity contribution >= 4 is 32.0 Å². The standard InChI is InChI=1S/C9H15N3O5S2/c1-6(2)17-4-3-11-19(15,16)8-5-7(12(13)14)9(10)18-8/h5-6,11H,3-4,10H2,1-2H3. The Morgan fingerprint density at radius 2 is 2.21 bits per heavy atom. The Hall–Kier alpha value is -1.23. The molecule has 0 bridgehead atoms. The molecule has 0 aliphatic carbocycles. The molecule has 3 N–H and O–H groups in total. The Balaban J connectivity index is 2.72. The molecule has 0 unspecified atom stereocenters. The maximum absolute atomic E-state index is 11.8. The van der Waals surface area contributed by atoms with Crippen LogP contribution in [0.2, 0.25) is 0 Å². The Labute approximate surface area is 114 Å². The van der Waals surface area contributed by atoms with E-state index in [-0.39, 0.29) is 28.5 Å². The van der Waals surface area contributed by atoms with E-state index in [2.05, 4.69) is 4.72 Å². The van der Waals surface area contributed by atoms with Crippen LogP contribution in [0.4, 0.5) is 10.7 Å². The van der Waals surface area contributed by atoms with Gasteiger partial charge in [-0.3, -0.25) is 10.1 Å². The van der Waals surface area contributed by atoms with Crippen LogP contribution in [-0.4, -0.2) is 32.6 Å². The average molecular weight is 309 g/mol. The van der Waals surface area contributed by atoms with Crippen LogP contribution in [-0.2, 0) is 14.8 Å². The zero-order chi connectivity index (χ0) is 14.6. The molecule has 0 aliphatic heterocycles. The van der Waals surface area contributed by atoms with Gasteiger partial charge in [0.15, 0.2) is 5.00 Å². The number of thiophene rings is 1. The molecule has 1 rings (SSSR count). The molecule has 0 saturated carbocycles. The summed E-state index contributed by atoms with van der Waals surface area (Å²) >= 11 is 0.659. The highest BCUT2D eigenvalue weighted by Crippen LogP contribution is 2.34. The topological polar surface area (TPSA) is 125 Å². The lowest BCUT2D eigenvalue weighted by atomic mass is 10.5. The molecule has 8 nitrogen and oxygen atoms in total. The highest BCUT2D eigenvalue weighted by atomic mass is 32.2. The molecular weight excluding hydrogens is 294 g/mol. The number of anilines is 1. The van der Waals surface area contributed by atoms with Crippen molar-refractivity contribution in [2.24, 2.45) is 0 Å². The first-order chi connectivity index (χ1) is 8.74. The lowest BCUT2D eigenvalue weighted by Gasteiger charge is -2.08. The van der Waals surface area contributed by atoms with Crippen molar-refractivity contribution in [3.05, 3.63) is 16.2 Å². The van der Waals surface area contributed by atoms with Gasteiger partial charge in [0.1, 0.15) is 4.21 Å². The third-order valence-electron chi connectivity index (χ3n) is 2.02. The molecule has 0 spiro atoms. The van der Waals surface area contributed by atoms with E-state index in [1.165, 1.54) is 0 Å². The SMILES string of the molecule is CC(C)OCCNS(=O)(=O)c1cc([N+](=O)[O-])c(N)s1. The quantitative estimate of drug-likeness (QED) is 0.439. The van der Waals surface area contributed by atoms with E-state index < -0.39 is 20.6 Å². The first-order valence-electron chi connectivity index (χ1n) is 5.39. The Bertz CT molecular complexity index is 552. The summed E-state index contributed by atoms with van der Waals surface area (Å²) in [5.41, 5.74) is 4.99. The summed E-state index contributed by atoms with van der Waals surface area (Å²) in [5, 5.41) is 10.5. The fraction of sp³-hybridized carbons (Fsp3) is 0.556. The van der Waals surface area contributed by atoms with Gasteiger partial charge in [-0.2, -0.15) is 0 Å². The van der Waals surface area contributed by atoms with Crippen molar-refractivity contribution in [2.45, 2.75) is 24.2 Å². The van der Waals surface area contributed by atoms with Crippen LogP contribution in [0.1, 0.15) is 13.8 Å². The van der Waals surface area contributed by atoms with Crippen molar-refractivity contribution < 1.29 is 18.1 Å². The van der Waals surface area contributed by atoms with E-state index in [1.54, 1.807) is 0 Å². The van der Waals surface area contributed by atoms with Crippen molar-refractivity contribution in [3.8, 4) is 0 Å². The molecule has 10 heteroatoms. The molecular formula is C9H15N3O5S2. The number of ether oxygens (including phenoxy) is 1. The van der Waals surface area contributed by atoms with Crippen molar-refractivity contribution in [2.75, 3.05) is 18.9 Å². The Kier molecular flexibility index (Phi) is 5.23. The molecule has 19 heavy (non-hydrogen) atoms. The van der Waals surface area contributed by atoms with Gasteiger partial charge in [-0.25, -0.2) is 13.1 Å². The fourth-order valence-corrected chi connectivity index (χ4v) is 3.46. The highest BCUT2D eigenvalue weighted by Gasteiger charge is 2.24. The fourth-order valence-electron chi connectivity index (χ4n) is 1.19. The molecule has 0 radical (unpaired) electrons. The van der Waals surface area contributed by atoms with Gasteiger partial charge in [-0.1, -0.05) is 11.3 Å². The van der Waals surface area contributed by atoms with E-state index in [1.807, 2.05) is 13.8 Å². The molecule has 1 aromatic rings. The second-order valence-electron chi connectivity index (χ2n) is 3.89. The molecule has 0 saturated heterocycles. The van der Waals surface area contributed by atoms with Gasteiger partial charge in [-0.15, -0.1) is 0 Å². The van der Waals surface area contributed by atoms with Gasteiger partial charge < -0.3 is 10.5 Å². The number of hydrogen-bond donors (Lipinski definition) is 2. The molecule has 0 aliphatic rings. The largest absolute Gasteiger partial charge is 0.385 e. The average Bonchev–Trinajstić information content (AvgIpc) is 2.67. The smallest absolute Gasteiger partial charge is 0.304 e. The highest BCUT2D eigenvalue weighted by molar-refractivity contribution is 7.91. The van der Waals surface area contributed by atoms with Crippen LogP contribution in [0.25, 0.3) is 0 Å². The first-order valence-corrected chi connectivity index (χ1v) is 7.69. The van der Waals surface area contributed by atoms with Gasteiger partial charge >= 0.3 is 5.69 Å². The predicted molar refractivity (Wildman–Crippen MR) is 71.7 cm³/mol. The molecule has 0 aromatic carbocycles. The van der Waals surface area contributed by atoms with E-state index >= 15 is 0 Å². The summed E-state index contributed by atoms with van der Waals surface area (Å²) in [6, 6.07) is 0.950. The molecule has 0 amide bonds. The van der Waals surface area contributed by atoms with Crippen LogP contribution >= 0.6 is 11.3 Å². The molecule has 1 aromatic heterocycles. The van der Waals surface area contributed by atoms with Crippen molar-refractivity contribution in [1.82, 2.24) is 4.72 Å². The second kappa shape index (κ2) is 6.28. The minimum atomic E-state index is -3.79. The van der Waals surface area contributed by atoms with Gasteiger partial charge in [0.25, 0.3) is 0 Å². The number of rotatable bonds is 7. The maximum Gasteiger partial charge on any atom is 0.304 e. The Morgan fingerprint density at radius 1 is 1.58 bits per heavy atom. The summed E-state index contributed by atoms with van der Waals surface area (Å²) in [7, 11) is -3.79. The third kappa shape index (κ3) is 4.42. The number of nitrogens with two attached hydrogens (primary N) is 1. The van der Waals surface area contributed by atoms with Crippen LogP contribution < -0.4 is 10.5 Å². The minimum absolute atomic E-state index is 0.00275. The maximum atomic E-state index is 11.8. The van der Waals surface area contributed by atoms with Crippen LogP contribution in [0.15, 0.2) is 10.3 Å². The van der Waals surface area contributed by atoms with E-state index in [4.69, 9.17) is 10.5 Å². The number of hydrogen-bond acceptors (Lipinski definition) is 7. The number of nitrogens with one attached hydrogen (secondary N) is 1. The van der Waals surface area contributed by atoms with Crippen molar-refractivity contribution in [1.29, 1.82) is 0 Å². The Morgan fingerprint density at radius 3 is 2.68 bits per heavy atom. The van der Waals surface area contributed by atoms with Crippen molar-refractivity contribution in [3.63, 3.8) is 0 Å². The summed E-state index contributed by atoms with van der Waals surface area (Å²) in [5.74, 6) is 0. The number of nitrogen functional groups attached to an aromatic ring is 1. The van der Waals surface area contributed by atoms with E-state index in [0.717, 1.165) is 6.07 Å². The van der Waals surface area contributed by atoms with Gasteiger partial charge in [-0.05, 0) is 13.8 Å². The molecule has 0 atom stereocenters. The normalized spacial score (nSPS) is 11.9. The molecule has 1 heterocycles. The zero-order valence-corrected chi connectivity index (χ0v) is 12.1. The van der Waals surface area contributed by atoms with Crippen LogP contribution in [0.5, 0.6) is 0 Å². The molecule has 108 valence electrons. The third-order valence-corrected chi connectivity index (χ3v) is 4.91. The van der Waals surface area contributed by atoms with Crippen LogP contribution in [0, 0.1) is 10.1 Å². The second-order valence-corrected chi connectivity index (χ2v) is 6.97. The van der Waals surface area contributed by atoms with E-state index in [9.17, 15) is 18.5 Å². The lowest BCUT2D eigenvalue weighted by Crippen LogP contribution is -2.27. The lowest BCUT2D eigenvalue weighted by molar-refractivity contribution is -0.383. The zero-order valence-electron chi connectivity index (χ0n) is 10.5. The molecule has 0 fully saturated rings. The number of sulfonamides is 1. The number of nitro groups is 1. The number of nitrogens with zero attached hydrogens (tertiary/aromatic N) is 1. The minimum Gasteiger partial charge on any atom is -0.385 e.